The van der Waals surface area contributed by atoms with Crippen LogP contribution >= 0.6 is 11.8 Å². The van der Waals surface area contributed by atoms with E-state index in [0.29, 0.717) is 17.0 Å². The van der Waals surface area contributed by atoms with E-state index in [1.807, 2.05) is 24.3 Å². The molecule has 5 nitrogen and oxygen atoms in total. The molecule has 6 heteroatoms. The topological polar surface area (TPSA) is 63.5 Å². The van der Waals surface area contributed by atoms with Crippen LogP contribution in [-0.4, -0.2) is 29.0 Å². The van der Waals surface area contributed by atoms with E-state index in [9.17, 15) is 14.9 Å². The Balaban J connectivity index is 2.17. The molecular formula is C18H20N2O3S. The first kappa shape index (κ1) is 18.0. The zero-order valence-corrected chi connectivity index (χ0v) is 14.8. The van der Waals surface area contributed by atoms with Crippen LogP contribution in [-0.2, 0) is 13.0 Å². The number of aryl methyl sites for hydroxylation is 1. The second-order valence-electron chi connectivity index (χ2n) is 5.48. The molecule has 2 aromatic carbocycles. The molecule has 0 unspecified atom stereocenters. The minimum absolute atomic E-state index is 0.0333. The zero-order chi connectivity index (χ0) is 17.7. The average Bonchev–Trinajstić information content (AvgIpc) is 2.61. The lowest BCUT2D eigenvalue weighted by Crippen LogP contribution is -2.26. The Kier molecular flexibility index (Phi) is 5.98. The van der Waals surface area contributed by atoms with Crippen LogP contribution in [0, 0.1) is 10.1 Å². The maximum absolute atomic E-state index is 12.5. The molecule has 0 aliphatic rings. The van der Waals surface area contributed by atoms with E-state index in [1.54, 1.807) is 30.3 Å². The summed E-state index contributed by atoms with van der Waals surface area (Å²) in [4.78, 5) is 25.4. The fourth-order valence-corrected chi connectivity index (χ4v) is 2.96. The number of nitrogens with zero attached hydrogens (tertiary/aromatic N) is 2. The van der Waals surface area contributed by atoms with E-state index in [1.165, 1.54) is 23.4 Å². The fraction of sp³-hybridized carbons (Fsp3) is 0.278. The van der Waals surface area contributed by atoms with Gasteiger partial charge in [0.2, 0.25) is 0 Å². The monoisotopic (exact) mass is 344 g/mol. The molecule has 2 aromatic rings. The number of nitro groups is 1. The summed E-state index contributed by atoms with van der Waals surface area (Å²) in [6.45, 7) is 2.55. The highest BCUT2D eigenvalue weighted by molar-refractivity contribution is 7.98. The number of rotatable bonds is 6. The van der Waals surface area contributed by atoms with Crippen LogP contribution in [0.2, 0.25) is 0 Å². The summed E-state index contributed by atoms with van der Waals surface area (Å²) in [5.41, 5.74) is 2.57. The zero-order valence-electron chi connectivity index (χ0n) is 14.0. The van der Waals surface area contributed by atoms with E-state index in [4.69, 9.17) is 0 Å². The van der Waals surface area contributed by atoms with E-state index in [-0.39, 0.29) is 11.6 Å². The second-order valence-corrected chi connectivity index (χ2v) is 6.32. The van der Waals surface area contributed by atoms with Gasteiger partial charge in [-0.25, -0.2) is 0 Å². The van der Waals surface area contributed by atoms with Crippen molar-refractivity contribution in [1.29, 1.82) is 0 Å². The Morgan fingerprint density at radius 3 is 2.33 bits per heavy atom. The third-order valence-electron chi connectivity index (χ3n) is 3.82. The maximum atomic E-state index is 12.5. The molecule has 0 saturated carbocycles. The summed E-state index contributed by atoms with van der Waals surface area (Å²) in [6.07, 6.45) is 2.75. The van der Waals surface area contributed by atoms with Gasteiger partial charge in [0.05, 0.1) is 9.82 Å². The number of hydrogen-bond donors (Lipinski definition) is 0. The third kappa shape index (κ3) is 4.14. The lowest BCUT2D eigenvalue weighted by molar-refractivity contribution is -0.387. The van der Waals surface area contributed by atoms with Crippen molar-refractivity contribution in [2.24, 2.45) is 0 Å². The molecule has 0 N–H and O–H groups in total. The van der Waals surface area contributed by atoms with E-state index in [2.05, 4.69) is 6.92 Å². The summed E-state index contributed by atoms with van der Waals surface area (Å²) in [5.74, 6) is -0.231. The van der Waals surface area contributed by atoms with E-state index < -0.39 is 4.92 Å². The summed E-state index contributed by atoms with van der Waals surface area (Å²) in [7, 11) is 1.70. The highest BCUT2D eigenvalue weighted by atomic mass is 32.2. The molecule has 24 heavy (non-hydrogen) atoms. The normalized spacial score (nSPS) is 10.5. The lowest BCUT2D eigenvalue weighted by Gasteiger charge is -2.17. The first-order valence-corrected chi connectivity index (χ1v) is 8.84. The highest BCUT2D eigenvalue weighted by Crippen LogP contribution is 2.28. The van der Waals surface area contributed by atoms with Gasteiger partial charge >= 0.3 is 0 Å². The summed E-state index contributed by atoms with van der Waals surface area (Å²) in [5, 5.41) is 11.1. The van der Waals surface area contributed by atoms with Gasteiger partial charge in [-0.2, -0.15) is 0 Å². The Labute approximate surface area is 145 Å². The molecule has 0 aliphatic carbocycles. The number of hydrogen-bond acceptors (Lipinski definition) is 4. The van der Waals surface area contributed by atoms with Crippen LogP contribution < -0.4 is 0 Å². The number of thioether (sulfide) groups is 1. The molecule has 0 aromatic heterocycles. The molecule has 0 saturated heterocycles. The molecule has 1 amide bonds. The van der Waals surface area contributed by atoms with E-state index in [0.717, 1.165) is 12.0 Å². The van der Waals surface area contributed by atoms with Crippen molar-refractivity contribution < 1.29 is 9.72 Å². The van der Waals surface area contributed by atoms with Gasteiger partial charge in [-0.15, -0.1) is 11.8 Å². The molecule has 0 bridgehead atoms. The average molecular weight is 344 g/mol. The van der Waals surface area contributed by atoms with Crippen molar-refractivity contribution in [3.05, 3.63) is 69.3 Å². The van der Waals surface area contributed by atoms with E-state index >= 15 is 0 Å². The molecule has 126 valence electrons. The molecule has 0 atom stereocenters. The predicted molar refractivity (Wildman–Crippen MR) is 96.5 cm³/mol. The van der Waals surface area contributed by atoms with Gasteiger partial charge in [0.15, 0.2) is 0 Å². The largest absolute Gasteiger partial charge is 0.337 e. The van der Waals surface area contributed by atoms with Crippen LogP contribution in [0.4, 0.5) is 5.69 Å². The number of amides is 1. The minimum atomic E-state index is -0.452. The van der Waals surface area contributed by atoms with Crippen molar-refractivity contribution >= 4 is 23.4 Å². The van der Waals surface area contributed by atoms with Crippen LogP contribution in [0.25, 0.3) is 0 Å². The number of carbonyl (C=O) groups is 1. The minimum Gasteiger partial charge on any atom is -0.337 e. The molecule has 0 spiro atoms. The van der Waals surface area contributed by atoms with Gasteiger partial charge < -0.3 is 4.90 Å². The number of benzene rings is 2. The first-order chi connectivity index (χ1) is 11.5. The van der Waals surface area contributed by atoms with Crippen LogP contribution in [0.1, 0.15) is 28.4 Å². The molecule has 2 rings (SSSR count). The molecular weight excluding hydrogens is 324 g/mol. The Morgan fingerprint density at radius 2 is 1.79 bits per heavy atom. The SMILES string of the molecule is CCc1ccc(CN(C)C(=O)c2ccc(SC)c([N+](=O)[O-])c2)cc1. The molecule has 0 radical (unpaired) electrons. The van der Waals surface area contributed by atoms with Crippen molar-refractivity contribution in [2.45, 2.75) is 24.8 Å². The van der Waals surface area contributed by atoms with Gasteiger partial charge in [-0.05, 0) is 35.9 Å². The predicted octanol–water partition coefficient (Wildman–Crippen LogP) is 4.15. The molecule has 0 heterocycles. The summed E-state index contributed by atoms with van der Waals surface area (Å²) >= 11 is 1.29. The summed E-state index contributed by atoms with van der Waals surface area (Å²) in [6, 6.07) is 12.7. The van der Waals surface area contributed by atoms with Gasteiger partial charge in [-0.1, -0.05) is 31.2 Å². The molecule has 0 fully saturated rings. The Morgan fingerprint density at radius 1 is 1.17 bits per heavy atom. The van der Waals surface area contributed by atoms with Gasteiger partial charge in [-0.3, -0.25) is 14.9 Å². The van der Waals surface area contributed by atoms with Crippen molar-refractivity contribution in [2.75, 3.05) is 13.3 Å². The van der Waals surface area contributed by atoms with Gasteiger partial charge in [0.1, 0.15) is 0 Å². The lowest BCUT2D eigenvalue weighted by atomic mass is 10.1. The van der Waals surface area contributed by atoms with Crippen LogP contribution in [0.3, 0.4) is 0 Å². The highest BCUT2D eigenvalue weighted by Gasteiger charge is 2.19. The van der Waals surface area contributed by atoms with Crippen molar-refractivity contribution in [3.63, 3.8) is 0 Å². The fourth-order valence-electron chi connectivity index (χ4n) is 2.41. The van der Waals surface area contributed by atoms with Crippen molar-refractivity contribution in [3.8, 4) is 0 Å². The Bertz CT molecular complexity index is 744. The maximum Gasteiger partial charge on any atom is 0.283 e. The van der Waals surface area contributed by atoms with Crippen LogP contribution in [0.15, 0.2) is 47.4 Å². The quantitative estimate of drug-likeness (QED) is 0.448. The first-order valence-electron chi connectivity index (χ1n) is 7.62. The Hall–Kier alpha value is -2.34. The van der Waals surface area contributed by atoms with Crippen LogP contribution in [0.5, 0.6) is 0 Å². The number of nitro benzene ring substituents is 1. The summed E-state index contributed by atoms with van der Waals surface area (Å²) < 4.78 is 0. The van der Waals surface area contributed by atoms with Gasteiger partial charge in [0.25, 0.3) is 11.6 Å². The van der Waals surface area contributed by atoms with Crippen molar-refractivity contribution in [1.82, 2.24) is 4.90 Å². The molecule has 0 aliphatic heterocycles. The second kappa shape index (κ2) is 7.97. The van der Waals surface area contributed by atoms with Gasteiger partial charge in [0, 0.05) is 25.2 Å². The number of carbonyl (C=O) groups excluding carboxylic acids is 1. The third-order valence-corrected chi connectivity index (χ3v) is 4.61. The smallest absolute Gasteiger partial charge is 0.283 e. The standard InChI is InChI=1S/C18H20N2O3S/c1-4-13-5-7-14(8-6-13)12-19(2)18(21)15-9-10-17(24-3)16(11-15)20(22)23/h5-11H,4,12H2,1-3H3.